The van der Waals surface area contributed by atoms with Crippen LogP contribution in [0.5, 0.6) is 0 Å². The van der Waals surface area contributed by atoms with Crippen LogP contribution in [-0.4, -0.2) is 61.8 Å². The van der Waals surface area contributed by atoms with Gasteiger partial charge in [0.25, 0.3) is 0 Å². The molecule has 6 heteroatoms. The average Bonchev–Trinajstić information content (AvgIpc) is 2.93. The number of rotatable bonds is 3. The molecule has 0 aromatic rings. The van der Waals surface area contributed by atoms with Crippen molar-refractivity contribution in [3.8, 4) is 0 Å². The van der Waals surface area contributed by atoms with E-state index in [0.29, 0.717) is 5.92 Å². The van der Waals surface area contributed by atoms with Crippen molar-refractivity contribution in [3.63, 3.8) is 0 Å². The molecule has 0 spiro atoms. The van der Waals surface area contributed by atoms with Crippen LogP contribution in [0.3, 0.4) is 0 Å². The van der Waals surface area contributed by atoms with Crippen LogP contribution in [0, 0.1) is 11.8 Å². The van der Waals surface area contributed by atoms with Crippen molar-refractivity contribution in [2.45, 2.75) is 38.2 Å². The molecule has 6 nitrogen and oxygen atoms in total. The van der Waals surface area contributed by atoms with Crippen LogP contribution < -0.4 is 5.32 Å². The van der Waals surface area contributed by atoms with E-state index in [-0.39, 0.29) is 18.0 Å². The molecule has 0 aromatic carbocycles. The predicted molar refractivity (Wildman–Crippen MR) is 81.0 cm³/mol. The molecule has 2 aliphatic rings. The molecule has 1 aliphatic carbocycles. The molecule has 120 valence electrons. The lowest BCUT2D eigenvalue weighted by Gasteiger charge is -2.33. The maximum Gasteiger partial charge on any atom is 0.308 e. The first-order chi connectivity index (χ1) is 10.2. The third-order valence-corrected chi connectivity index (χ3v) is 4.68. The topological polar surface area (TPSA) is 74.2 Å². The highest BCUT2D eigenvalue weighted by Crippen LogP contribution is 2.25. The molecule has 2 atom stereocenters. The van der Waals surface area contributed by atoms with E-state index in [2.05, 4.69) is 15.2 Å². The number of carbonyl (C=O) groups is 1. The van der Waals surface area contributed by atoms with Gasteiger partial charge < -0.3 is 20.1 Å². The van der Waals surface area contributed by atoms with Gasteiger partial charge in [-0.3, -0.25) is 9.79 Å². The molecular formula is C15H27N3O3. The number of likely N-dealkylation sites (tertiary alicyclic amines) is 1. The van der Waals surface area contributed by atoms with E-state index in [9.17, 15) is 9.90 Å². The molecule has 1 saturated carbocycles. The fraction of sp³-hybridized carbons (Fsp3) is 0.867. The van der Waals surface area contributed by atoms with Crippen molar-refractivity contribution >= 4 is 11.9 Å². The van der Waals surface area contributed by atoms with Crippen LogP contribution in [0.25, 0.3) is 0 Å². The molecule has 1 aliphatic heterocycles. The normalized spacial score (nSPS) is 27.8. The van der Waals surface area contributed by atoms with E-state index in [4.69, 9.17) is 4.74 Å². The molecule has 2 rings (SSSR count). The molecule has 1 saturated heterocycles. The summed E-state index contributed by atoms with van der Waals surface area (Å²) in [7, 11) is 3.22. The van der Waals surface area contributed by atoms with E-state index in [1.807, 2.05) is 0 Å². The second-order valence-electron chi connectivity index (χ2n) is 5.97. The van der Waals surface area contributed by atoms with Gasteiger partial charge in [0.15, 0.2) is 5.96 Å². The summed E-state index contributed by atoms with van der Waals surface area (Å²) in [6.45, 7) is 2.39. The number of aliphatic hydroxyl groups is 1. The van der Waals surface area contributed by atoms with Gasteiger partial charge in [0.05, 0.1) is 19.1 Å². The number of methoxy groups -OCH3 is 1. The Morgan fingerprint density at radius 3 is 2.57 bits per heavy atom. The van der Waals surface area contributed by atoms with Gasteiger partial charge in [0, 0.05) is 32.6 Å². The minimum Gasteiger partial charge on any atom is -0.469 e. The van der Waals surface area contributed by atoms with Crippen molar-refractivity contribution in [3.05, 3.63) is 0 Å². The number of carbonyl (C=O) groups excluding carboxylic acids is 1. The summed E-state index contributed by atoms with van der Waals surface area (Å²) in [6, 6.07) is 0. The lowest BCUT2D eigenvalue weighted by Crippen LogP contribution is -2.48. The van der Waals surface area contributed by atoms with Gasteiger partial charge in [0.2, 0.25) is 0 Å². The first-order valence-electron chi connectivity index (χ1n) is 7.87. The monoisotopic (exact) mass is 297 g/mol. The van der Waals surface area contributed by atoms with Gasteiger partial charge in [-0.25, -0.2) is 0 Å². The van der Waals surface area contributed by atoms with Gasteiger partial charge >= 0.3 is 5.97 Å². The van der Waals surface area contributed by atoms with E-state index < -0.39 is 0 Å². The molecule has 1 heterocycles. The molecule has 2 fully saturated rings. The van der Waals surface area contributed by atoms with Crippen molar-refractivity contribution in [1.29, 1.82) is 0 Å². The van der Waals surface area contributed by atoms with Crippen LogP contribution >= 0.6 is 0 Å². The second kappa shape index (κ2) is 7.64. The summed E-state index contributed by atoms with van der Waals surface area (Å²) in [5.74, 6) is 1.11. The fourth-order valence-corrected chi connectivity index (χ4v) is 3.30. The molecule has 0 bridgehead atoms. The standard InChI is InChI=1S/C15H27N3O3/c1-16-15(17-10-12-4-3-5-13(12)19)18-8-6-11(7-9-18)14(20)21-2/h11-13,19H,3-10H2,1-2H3,(H,16,17). The summed E-state index contributed by atoms with van der Waals surface area (Å²) in [6.07, 6.45) is 4.53. The number of nitrogens with zero attached hydrogens (tertiary/aromatic N) is 2. The van der Waals surface area contributed by atoms with Gasteiger partial charge in [-0.2, -0.15) is 0 Å². The van der Waals surface area contributed by atoms with Crippen molar-refractivity contribution in [2.24, 2.45) is 16.8 Å². The van der Waals surface area contributed by atoms with Crippen molar-refractivity contribution < 1.29 is 14.6 Å². The number of piperidine rings is 1. The third-order valence-electron chi connectivity index (χ3n) is 4.68. The summed E-state index contributed by atoms with van der Waals surface area (Å²) >= 11 is 0. The number of ether oxygens (including phenoxy) is 1. The Kier molecular flexibility index (Phi) is 5.85. The van der Waals surface area contributed by atoms with E-state index in [0.717, 1.165) is 57.7 Å². The van der Waals surface area contributed by atoms with Gasteiger partial charge in [-0.1, -0.05) is 6.42 Å². The number of esters is 1. The quantitative estimate of drug-likeness (QED) is 0.453. The Morgan fingerprint density at radius 1 is 1.33 bits per heavy atom. The van der Waals surface area contributed by atoms with Gasteiger partial charge in [-0.05, 0) is 25.7 Å². The Morgan fingerprint density at radius 2 is 2.05 bits per heavy atom. The van der Waals surface area contributed by atoms with E-state index >= 15 is 0 Å². The summed E-state index contributed by atoms with van der Waals surface area (Å²) in [5, 5.41) is 13.2. The zero-order valence-corrected chi connectivity index (χ0v) is 13.0. The molecule has 0 amide bonds. The Balaban J connectivity index is 1.79. The number of aliphatic hydroxyl groups excluding tert-OH is 1. The third kappa shape index (κ3) is 4.09. The van der Waals surface area contributed by atoms with Crippen LogP contribution in [-0.2, 0) is 9.53 Å². The second-order valence-corrected chi connectivity index (χ2v) is 5.97. The van der Waals surface area contributed by atoms with E-state index in [1.165, 1.54) is 7.11 Å². The Bertz CT molecular complexity index is 378. The van der Waals surface area contributed by atoms with Gasteiger partial charge in [0.1, 0.15) is 0 Å². The molecule has 0 aromatic heterocycles. The first kappa shape index (κ1) is 16.1. The highest BCUT2D eigenvalue weighted by Gasteiger charge is 2.28. The Labute approximate surface area is 126 Å². The molecule has 21 heavy (non-hydrogen) atoms. The highest BCUT2D eigenvalue weighted by atomic mass is 16.5. The van der Waals surface area contributed by atoms with E-state index in [1.54, 1.807) is 7.05 Å². The van der Waals surface area contributed by atoms with Crippen LogP contribution in [0.4, 0.5) is 0 Å². The predicted octanol–water partition coefficient (Wildman–Crippen LogP) is 0.608. The zero-order chi connectivity index (χ0) is 15.2. The smallest absolute Gasteiger partial charge is 0.308 e. The zero-order valence-electron chi connectivity index (χ0n) is 13.0. The van der Waals surface area contributed by atoms with Crippen LogP contribution in [0.2, 0.25) is 0 Å². The highest BCUT2D eigenvalue weighted by molar-refractivity contribution is 5.80. The lowest BCUT2D eigenvalue weighted by molar-refractivity contribution is -0.146. The van der Waals surface area contributed by atoms with Crippen molar-refractivity contribution in [2.75, 3.05) is 33.8 Å². The van der Waals surface area contributed by atoms with Crippen LogP contribution in [0.15, 0.2) is 4.99 Å². The molecule has 2 unspecified atom stereocenters. The number of nitrogens with one attached hydrogen (secondary N) is 1. The summed E-state index contributed by atoms with van der Waals surface area (Å²) in [4.78, 5) is 18.0. The number of hydrogen-bond acceptors (Lipinski definition) is 4. The average molecular weight is 297 g/mol. The molecular weight excluding hydrogens is 270 g/mol. The number of guanidine groups is 1. The largest absolute Gasteiger partial charge is 0.469 e. The number of hydrogen-bond donors (Lipinski definition) is 2. The number of aliphatic imine (C=N–C) groups is 1. The summed E-state index contributed by atoms with van der Waals surface area (Å²) < 4.78 is 4.81. The van der Waals surface area contributed by atoms with Crippen molar-refractivity contribution in [1.82, 2.24) is 10.2 Å². The molecule has 2 N–H and O–H groups in total. The minimum absolute atomic E-state index is 0.0148. The summed E-state index contributed by atoms with van der Waals surface area (Å²) in [5.41, 5.74) is 0. The van der Waals surface area contributed by atoms with Crippen LogP contribution in [0.1, 0.15) is 32.1 Å². The minimum atomic E-state index is -0.180. The fourth-order valence-electron chi connectivity index (χ4n) is 3.30. The SMILES string of the molecule is CN=C(NCC1CCCC1O)N1CCC(C(=O)OC)CC1. The lowest BCUT2D eigenvalue weighted by atomic mass is 9.97. The Hall–Kier alpha value is -1.30. The first-order valence-corrected chi connectivity index (χ1v) is 7.87. The maximum atomic E-state index is 11.5. The van der Waals surface area contributed by atoms with Gasteiger partial charge in [-0.15, -0.1) is 0 Å². The molecule has 0 radical (unpaired) electrons. The maximum absolute atomic E-state index is 11.5.